The number of sulfone groups is 1. The number of aliphatic hydroxyl groups is 1. The molecule has 2 atom stereocenters. The zero-order valence-electron chi connectivity index (χ0n) is 13.2. The summed E-state index contributed by atoms with van der Waals surface area (Å²) < 4.78 is 23.3. The van der Waals surface area contributed by atoms with Gasteiger partial charge < -0.3 is 10.0 Å². The van der Waals surface area contributed by atoms with Gasteiger partial charge in [-0.2, -0.15) is 5.10 Å². The van der Waals surface area contributed by atoms with Crippen molar-refractivity contribution in [2.24, 2.45) is 0 Å². The normalized spacial score (nSPS) is 27.9. The van der Waals surface area contributed by atoms with Gasteiger partial charge in [-0.05, 0) is 12.8 Å². The first-order valence-corrected chi connectivity index (χ1v) is 9.90. The molecule has 7 nitrogen and oxygen atoms in total. The number of likely N-dealkylation sites (N-methyl/N-ethyl adjacent to an activating group) is 1. The molecule has 1 aromatic heterocycles. The monoisotopic (exact) mass is 341 g/mol. The van der Waals surface area contributed by atoms with E-state index in [0.717, 1.165) is 31.4 Å². The molecule has 1 aromatic rings. The van der Waals surface area contributed by atoms with Gasteiger partial charge >= 0.3 is 0 Å². The lowest BCUT2D eigenvalue weighted by Crippen LogP contribution is -2.44. The molecule has 1 amide bonds. The molecule has 0 spiro atoms. The van der Waals surface area contributed by atoms with Gasteiger partial charge in [0.25, 0.3) is 5.91 Å². The molecular formula is C15H23N3O4S. The topological polar surface area (TPSA) is 103 Å². The van der Waals surface area contributed by atoms with Gasteiger partial charge in [0.15, 0.2) is 9.84 Å². The number of hydrogen-bond donors (Lipinski definition) is 2. The van der Waals surface area contributed by atoms with Crippen LogP contribution in [0.2, 0.25) is 0 Å². The first-order chi connectivity index (χ1) is 10.9. The molecule has 2 fully saturated rings. The van der Waals surface area contributed by atoms with Crippen LogP contribution >= 0.6 is 0 Å². The Kier molecular flexibility index (Phi) is 4.46. The van der Waals surface area contributed by atoms with E-state index in [2.05, 4.69) is 10.2 Å². The smallest absolute Gasteiger partial charge is 0.257 e. The Morgan fingerprint density at radius 2 is 2.00 bits per heavy atom. The quantitative estimate of drug-likeness (QED) is 0.842. The van der Waals surface area contributed by atoms with Crippen LogP contribution in [0.5, 0.6) is 0 Å². The molecule has 1 aliphatic carbocycles. The highest BCUT2D eigenvalue weighted by Gasteiger charge is 2.41. The van der Waals surface area contributed by atoms with Crippen molar-refractivity contribution >= 4 is 15.7 Å². The van der Waals surface area contributed by atoms with E-state index in [9.17, 15) is 18.3 Å². The largest absolute Gasteiger partial charge is 0.390 e. The molecule has 8 heteroatoms. The van der Waals surface area contributed by atoms with E-state index in [1.807, 2.05) is 0 Å². The van der Waals surface area contributed by atoms with Crippen LogP contribution in [-0.2, 0) is 9.84 Å². The van der Waals surface area contributed by atoms with Crippen molar-refractivity contribution < 1.29 is 18.3 Å². The average molecular weight is 341 g/mol. The Labute approximate surface area is 136 Å². The third kappa shape index (κ3) is 3.28. The molecule has 2 heterocycles. The zero-order valence-corrected chi connectivity index (χ0v) is 14.1. The van der Waals surface area contributed by atoms with E-state index in [1.54, 1.807) is 7.05 Å². The predicted molar refractivity (Wildman–Crippen MR) is 85.0 cm³/mol. The third-order valence-corrected chi connectivity index (χ3v) is 6.72. The molecule has 0 radical (unpaired) electrons. The number of carbonyl (C=O) groups is 1. The molecule has 128 valence electrons. The Morgan fingerprint density at radius 1 is 1.30 bits per heavy atom. The number of hydrogen-bond acceptors (Lipinski definition) is 5. The second kappa shape index (κ2) is 6.24. The minimum Gasteiger partial charge on any atom is -0.390 e. The maximum absolute atomic E-state index is 12.8. The van der Waals surface area contributed by atoms with E-state index in [1.165, 1.54) is 17.5 Å². The van der Waals surface area contributed by atoms with Crippen molar-refractivity contribution in [2.45, 2.75) is 50.2 Å². The number of aromatic nitrogens is 2. The number of aliphatic hydroxyl groups excluding tert-OH is 1. The van der Waals surface area contributed by atoms with E-state index < -0.39 is 22.0 Å². The summed E-state index contributed by atoms with van der Waals surface area (Å²) >= 11 is 0. The zero-order chi connectivity index (χ0) is 16.6. The maximum atomic E-state index is 12.8. The standard InChI is InChI=1S/C15H23N3O4S/c1-18(12-8-23(21,22)9-13(12)19)15(20)11-7-16-17-14(11)10-5-3-2-4-6-10/h7,10,12-13,19H,2-6,8-9H2,1H3,(H,16,17)/t12-,13-/m1/s1. The van der Waals surface area contributed by atoms with Crippen molar-refractivity contribution in [3.8, 4) is 0 Å². The van der Waals surface area contributed by atoms with Gasteiger partial charge in [-0.3, -0.25) is 9.89 Å². The van der Waals surface area contributed by atoms with Crippen LogP contribution in [0.4, 0.5) is 0 Å². The molecule has 0 aromatic carbocycles. The third-order valence-electron chi connectivity index (χ3n) is 5.02. The van der Waals surface area contributed by atoms with E-state index in [0.29, 0.717) is 11.5 Å². The molecule has 2 N–H and O–H groups in total. The van der Waals surface area contributed by atoms with E-state index >= 15 is 0 Å². The molecule has 1 aliphatic heterocycles. The minimum atomic E-state index is -3.29. The number of nitrogens with one attached hydrogen (secondary N) is 1. The van der Waals surface area contributed by atoms with Crippen molar-refractivity contribution in [3.05, 3.63) is 17.5 Å². The Morgan fingerprint density at radius 3 is 2.61 bits per heavy atom. The first-order valence-electron chi connectivity index (χ1n) is 8.08. The molecule has 3 rings (SSSR count). The summed E-state index contributed by atoms with van der Waals surface area (Å²) in [5.74, 6) is -0.445. The first kappa shape index (κ1) is 16.4. The van der Waals surface area contributed by atoms with Gasteiger partial charge in [0, 0.05) is 13.0 Å². The van der Waals surface area contributed by atoms with Crippen molar-refractivity contribution in [1.82, 2.24) is 15.1 Å². The van der Waals surface area contributed by atoms with Gasteiger partial charge in [0.2, 0.25) is 0 Å². The lowest BCUT2D eigenvalue weighted by Gasteiger charge is -2.27. The van der Waals surface area contributed by atoms with Crippen LogP contribution in [0.1, 0.15) is 54.1 Å². The van der Waals surface area contributed by atoms with Gasteiger partial charge in [0.05, 0.1) is 41.1 Å². The van der Waals surface area contributed by atoms with Crippen LogP contribution in [0.15, 0.2) is 6.20 Å². The molecule has 1 saturated heterocycles. The average Bonchev–Trinajstić information content (AvgIpc) is 3.10. The Hall–Kier alpha value is -1.41. The summed E-state index contributed by atoms with van der Waals surface area (Å²) in [6.45, 7) is 0. The van der Waals surface area contributed by atoms with Crippen molar-refractivity contribution in [3.63, 3.8) is 0 Å². The maximum Gasteiger partial charge on any atom is 0.257 e. The highest BCUT2D eigenvalue weighted by atomic mass is 32.2. The highest BCUT2D eigenvalue weighted by molar-refractivity contribution is 7.91. The van der Waals surface area contributed by atoms with Gasteiger partial charge in [-0.15, -0.1) is 0 Å². The molecule has 23 heavy (non-hydrogen) atoms. The molecule has 0 unspecified atom stereocenters. The fraction of sp³-hybridized carbons (Fsp3) is 0.733. The number of aromatic amines is 1. The fourth-order valence-corrected chi connectivity index (χ4v) is 5.53. The SMILES string of the molecule is CN(C(=O)c1cn[nH]c1C1CCCCC1)[C@@H]1CS(=O)(=O)C[C@H]1O. The predicted octanol–water partition coefficient (Wildman–Crippen LogP) is 0.687. The summed E-state index contributed by atoms with van der Waals surface area (Å²) in [6.07, 6.45) is 6.07. The van der Waals surface area contributed by atoms with Crippen molar-refractivity contribution in [2.75, 3.05) is 18.6 Å². The van der Waals surface area contributed by atoms with Crippen LogP contribution in [0.3, 0.4) is 0 Å². The van der Waals surface area contributed by atoms with Crippen LogP contribution in [0, 0.1) is 0 Å². The number of rotatable bonds is 3. The summed E-state index contributed by atoms with van der Waals surface area (Å²) in [4.78, 5) is 14.1. The molecule has 0 bridgehead atoms. The van der Waals surface area contributed by atoms with E-state index in [-0.39, 0.29) is 17.4 Å². The lowest BCUT2D eigenvalue weighted by atomic mass is 9.85. The summed E-state index contributed by atoms with van der Waals surface area (Å²) in [7, 11) is -1.74. The van der Waals surface area contributed by atoms with Gasteiger partial charge in [-0.25, -0.2) is 8.42 Å². The second-order valence-corrected chi connectivity index (χ2v) is 8.81. The minimum absolute atomic E-state index is 0.187. The summed E-state index contributed by atoms with van der Waals surface area (Å²) in [5, 5.41) is 16.9. The molecule has 1 saturated carbocycles. The second-order valence-electron chi connectivity index (χ2n) is 6.66. The fourth-order valence-electron chi connectivity index (χ4n) is 3.69. The van der Waals surface area contributed by atoms with Gasteiger partial charge in [0.1, 0.15) is 0 Å². The number of carbonyl (C=O) groups excluding carboxylic acids is 1. The molecule has 2 aliphatic rings. The number of H-pyrrole nitrogens is 1. The Bertz CT molecular complexity index is 679. The molecular weight excluding hydrogens is 318 g/mol. The van der Waals surface area contributed by atoms with Crippen LogP contribution in [0.25, 0.3) is 0 Å². The van der Waals surface area contributed by atoms with Crippen LogP contribution < -0.4 is 0 Å². The highest BCUT2D eigenvalue weighted by Crippen LogP contribution is 2.33. The van der Waals surface area contributed by atoms with Crippen molar-refractivity contribution in [1.29, 1.82) is 0 Å². The lowest BCUT2D eigenvalue weighted by molar-refractivity contribution is 0.0579. The number of amides is 1. The Balaban J connectivity index is 1.79. The van der Waals surface area contributed by atoms with Crippen LogP contribution in [-0.4, -0.2) is 65.2 Å². The number of nitrogens with zero attached hydrogens (tertiary/aromatic N) is 2. The van der Waals surface area contributed by atoms with E-state index in [4.69, 9.17) is 0 Å². The summed E-state index contributed by atoms with van der Waals surface area (Å²) in [6, 6.07) is -0.693. The van der Waals surface area contributed by atoms with Gasteiger partial charge in [-0.1, -0.05) is 19.3 Å². The summed E-state index contributed by atoms with van der Waals surface area (Å²) in [5.41, 5.74) is 1.34.